The highest BCUT2D eigenvalue weighted by Gasteiger charge is 2.54. The number of likely N-dealkylation sites (tertiary alicyclic amines) is 1. The smallest absolute Gasteiger partial charge is 0.231 e. The molecule has 124 valence electrons. The summed E-state index contributed by atoms with van der Waals surface area (Å²) in [5.74, 6) is 4.79. The van der Waals surface area contributed by atoms with E-state index in [0.717, 1.165) is 49.0 Å². The Morgan fingerprint density at radius 1 is 1.17 bits per heavy atom. The van der Waals surface area contributed by atoms with E-state index in [9.17, 15) is 4.79 Å². The van der Waals surface area contributed by atoms with Crippen molar-refractivity contribution in [2.24, 2.45) is 17.8 Å². The van der Waals surface area contributed by atoms with Crippen LogP contribution >= 0.6 is 0 Å². The molecule has 1 aliphatic heterocycles. The fourth-order valence-electron chi connectivity index (χ4n) is 6.25. The van der Waals surface area contributed by atoms with Gasteiger partial charge in [-0.3, -0.25) is 4.79 Å². The number of hydrogen-bond donors (Lipinski definition) is 0. The van der Waals surface area contributed by atoms with Crippen LogP contribution in [0.1, 0.15) is 69.5 Å². The van der Waals surface area contributed by atoms with E-state index in [4.69, 9.17) is 9.51 Å². The van der Waals surface area contributed by atoms with Gasteiger partial charge < -0.3 is 9.42 Å². The lowest BCUT2D eigenvalue weighted by atomic mass is 9.49. The molecule has 2 heterocycles. The van der Waals surface area contributed by atoms with Crippen molar-refractivity contribution in [3.8, 4) is 0 Å². The van der Waals surface area contributed by atoms with E-state index in [1.54, 1.807) is 6.92 Å². The Kier molecular flexibility index (Phi) is 2.92. The highest BCUT2D eigenvalue weighted by atomic mass is 16.5. The number of carbonyl (C=O) groups excluding carboxylic acids is 1. The molecule has 1 atom stereocenters. The normalized spacial score (nSPS) is 41.7. The molecule has 5 fully saturated rings. The first kappa shape index (κ1) is 14.0. The molecule has 5 nitrogen and oxygen atoms in total. The summed E-state index contributed by atoms with van der Waals surface area (Å²) < 4.78 is 5.67. The molecule has 5 aliphatic rings. The molecule has 4 saturated carbocycles. The second-order valence-electron chi connectivity index (χ2n) is 8.60. The molecule has 0 radical (unpaired) electrons. The van der Waals surface area contributed by atoms with Crippen molar-refractivity contribution >= 4 is 5.91 Å². The minimum atomic E-state index is 0.147. The van der Waals surface area contributed by atoms with Crippen LogP contribution in [0.5, 0.6) is 0 Å². The molecule has 4 bridgehead atoms. The molecule has 4 aliphatic carbocycles. The van der Waals surface area contributed by atoms with Gasteiger partial charge in [-0.15, -0.1) is 0 Å². The van der Waals surface area contributed by atoms with Crippen LogP contribution in [0.2, 0.25) is 0 Å². The van der Waals surface area contributed by atoms with Gasteiger partial charge in [0.2, 0.25) is 11.8 Å². The van der Waals surface area contributed by atoms with E-state index in [1.165, 1.54) is 38.5 Å². The van der Waals surface area contributed by atoms with E-state index in [0.29, 0.717) is 0 Å². The van der Waals surface area contributed by atoms with Crippen molar-refractivity contribution in [2.75, 3.05) is 13.1 Å². The second-order valence-corrected chi connectivity index (χ2v) is 8.60. The quantitative estimate of drug-likeness (QED) is 0.842. The molecule has 1 saturated heterocycles. The predicted molar refractivity (Wildman–Crippen MR) is 83.8 cm³/mol. The largest absolute Gasteiger partial charge is 0.342 e. The minimum absolute atomic E-state index is 0.147. The Hall–Kier alpha value is -1.39. The van der Waals surface area contributed by atoms with Gasteiger partial charge >= 0.3 is 0 Å². The Balaban J connectivity index is 1.39. The van der Waals surface area contributed by atoms with Gasteiger partial charge in [0.05, 0.1) is 5.92 Å². The molecule has 1 aromatic heterocycles. The summed E-state index contributed by atoms with van der Waals surface area (Å²) in [5, 5.41) is 4.43. The van der Waals surface area contributed by atoms with Crippen LogP contribution in [0.3, 0.4) is 0 Å². The van der Waals surface area contributed by atoms with E-state index in [2.05, 4.69) is 5.16 Å². The predicted octanol–water partition coefficient (Wildman–Crippen LogP) is 2.87. The summed E-state index contributed by atoms with van der Waals surface area (Å²) in [7, 11) is 0. The fourth-order valence-corrected chi connectivity index (χ4v) is 6.25. The highest BCUT2D eigenvalue weighted by molar-refractivity contribution is 5.73. The Morgan fingerprint density at radius 2 is 1.83 bits per heavy atom. The van der Waals surface area contributed by atoms with Crippen LogP contribution in [-0.4, -0.2) is 34.0 Å². The molecule has 23 heavy (non-hydrogen) atoms. The van der Waals surface area contributed by atoms with Crippen LogP contribution in [0.25, 0.3) is 0 Å². The first-order valence-corrected chi connectivity index (χ1v) is 9.21. The van der Waals surface area contributed by atoms with Gasteiger partial charge in [-0.25, -0.2) is 0 Å². The third kappa shape index (κ3) is 2.15. The molecule has 5 heteroatoms. The van der Waals surface area contributed by atoms with E-state index in [-0.39, 0.29) is 17.2 Å². The molecule has 0 unspecified atom stereocenters. The average molecular weight is 315 g/mol. The Bertz CT molecular complexity index is 603. The molecular weight excluding hydrogens is 290 g/mol. The summed E-state index contributed by atoms with van der Waals surface area (Å²) in [4.78, 5) is 18.3. The zero-order valence-electron chi connectivity index (χ0n) is 13.8. The lowest BCUT2D eigenvalue weighted by molar-refractivity contribution is -0.127. The lowest BCUT2D eigenvalue weighted by Crippen LogP contribution is -2.49. The summed E-state index contributed by atoms with van der Waals surface area (Å²) in [5.41, 5.74) is 0.204. The number of carbonyl (C=O) groups is 1. The SMILES string of the molecule is CC(=O)N1CC[C@@H](c2nc(C34CC5CC(CC(C5)C3)C4)no2)C1. The van der Waals surface area contributed by atoms with E-state index < -0.39 is 0 Å². The fraction of sp³-hybridized carbons (Fsp3) is 0.833. The molecule has 0 N–H and O–H groups in total. The van der Waals surface area contributed by atoms with Crippen molar-refractivity contribution in [2.45, 2.75) is 63.2 Å². The van der Waals surface area contributed by atoms with Crippen molar-refractivity contribution in [1.82, 2.24) is 15.0 Å². The lowest BCUT2D eigenvalue weighted by Gasteiger charge is -2.55. The van der Waals surface area contributed by atoms with Crippen molar-refractivity contribution in [1.29, 1.82) is 0 Å². The van der Waals surface area contributed by atoms with E-state index in [1.807, 2.05) is 4.90 Å². The first-order chi connectivity index (χ1) is 11.1. The van der Waals surface area contributed by atoms with Crippen LogP contribution < -0.4 is 0 Å². The average Bonchev–Trinajstić information content (AvgIpc) is 3.15. The monoisotopic (exact) mass is 315 g/mol. The Morgan fingerprint density at radius 3 is 2.39 bits per heavy atom. The van der Waals surface area contributed by atoms with Gasteiger partial charge in [0.25, 0.3) is 0 Å². The van der Waals surface area contributed by atoms with Gasteiger partial charge in [0.15, 0.2) is 5.82 Å². The van der Waals surface area contributed by atoms with Gasteiger partial charge in [0.1, 0.15) is 0 Å². The number of rotatable bonds is 2. The summed E-state index contributed by atoms with van der Waals surface area (Å²) >= 11 is 0. The number of aromatic nitrogens is 2. The van der Waals surface area contributed by atoms with Crippen LogP contribution in [0, 0.1) is 17.8 Å². The zero-order valence-corrected chi connectivity index (χ0v) is 13.8. The first-order valence-electron chi connectivity index (χ1n) is 9.21. The van der Waals surface area contributed by atoms with Crippen molar-refractivity contribution < 1.29 is 9.32 Å². The molecule has 0 aromatic carbocycles. The van der Waals surface area contributed by atoms with Crippen LogP contribution in [0.4, 0.5) is 0 Å². The number of nitrogens with zero attached hydrogens (tertiary/aromatic N) is 3. The molecule has 0 spiro atoms. The molecule has 1 aromatic rings. The molecule has 6 rings (SSSR count). The van der Waals surface area contributed by atoms with Gasteiger partial charge in [-0.05, 0) is 62.7 Å². The standard InChI is InChI=1S/C18H25N3O2/c1-11(22)21-3-2-15(10-21)16-19-17(20-23-16)18-7-12-4-13(8-18)6-14(5-12)9-18/h12-15H,2-10H2,1H3/t12?,13?,14?,15-,18?/m1/s1. The van der Waals surface area contributed by atoms with E-state index >= 15 is 0 Å². The van der Waals surface area contributed by atoms with Crippen molar-refractivity contribution in [3.05, 3.63) is 11.7 Å². The van der Waals surface area contributed by atoms with Gasteiger partial charge in [-0.2, -0.15) is 4.98 Å². The van der Waals surface area contributed by atoms with Crippen LogP contribution in [0.15, 0.2) is 4.52 Å². The topological polar surface area (TPSA) is 59.2 Å². The molecule has 1 amide bonds. The maximum Gasteiger partial charge on any atom is 0.231 e. The Labute approximate surface area is 136 Å². The van der Waals surface area contributed by atoms with Crippen LogP contribution in [-0.2, 0) is 10.2 Å². The number of amides is 1. The van der Waals surface area contributed by atoms with Crippen molar-refractivity contribution in [3.63, 3.8) is 0 Å². The molecular formula is C18H25N3O2. The summed E-state index contributed by atoms with van der Waals surface area (Å²) in [6.45, 7) is 3.18. The third-order valence-corrected chi connectivity index (χ3v) is 6.94. The minimum Gasteiger partial charge on any atom is -0.342 e. The summed E-state index contributed by atoms with van der Waals surface area (Å²) in [6.07, 6.45) is 9.04. The second kappa shape index (κ2) is 4.81. The summed E-state index contributed by atoms with van der Waals surface area (Å²) in [6, 6.07) is 0. The number of hydrogen-bond acceptors (Lipinski definition) is 4. The highest BCUT2D eigenvalue weighted by Crippen LogP contribution is 2.60. The third-order valence-electron chi connectivity index (χ3n) is 6.94. The zero-order chi connectivity index (χ0) is 15.6. The van der Waals surface area contributed by atoms with Gasteiger partial charge in [-0.1, -0.05) is 5.16 Å². The maximum atomic E-state index is 11.5. The maximum absolute atomic E-state index is 11.5. The van der Waals surface area contributed by atoms with Gasteiger partial charge in [0, 0.05) is 25.4 Å².